The van der Waals surface area contributed by atoms with Crippen molar-refractivity contribution in [3.63, 3.8) is 0 Å². The Morgan fingerprint density at radius 3 is 2.41 bits per heavy atom. The van der Waals surface area contributed by atoms with Gasteiger partial charge < -0.3 is 15.4 Å². The molecule has 0 aromatic heterocycles. The average molecular weight is 358 g/mol. The molecule has 0 amide bonds. The summed E-state index contributed by atoms with van der Waals surface area (Å²) in [6.45, 7) is 4.81. The van der Waals surface area contributed by atoms with Gasteiger partial charge in [0.05, 0.1) is 0 Å². The molecule has 0 saturated carbocycles. The zero-order valence-electron chi connectivity index (χ0n) is 15.5. The van der Waals surface area contributed by atoms with Gasteiger partial charge in [0.1, 0.15) is 12.4 Å². The van der Waals surface area contributed by atoms with Crippen molar-refractivity contribution in [2.75, 3.05) is 19.6 Å². The molecular weight excluding hydrogens is 332 g/mol. The molecule has 1 aliphatic rings. The molecule has 1 saturated heterocycles. The zero-order valence-corrected chi connectivity index (χ0v) is 15.5. The SMILES string of the molecule is c1ccc(-c2cccc(COc3cccc(CNCC4CNC4)c3)c2)cc1. The summed E-state index contributed by atoms with van der Waals surface area (Å²) >= 11 is 0. The minimum Gasteiger partial charge on any atom is -0.489 e. The predicted molar refractivity (Wildman–Crippen MR) is 111 cm³/mol. The Bertz CT molecular complexity index is 859. The quantitative estimate of drug-likeness (QED) is 0.632. The van der Waals surface area contributed by atoms with Crippen LogP contribution in [0.5, 0.6) is 5.75 Å². The van der Waals surface area contributed by atoms with Gasteiger partial charge in [-0.1, -0.05) is 60.7 Å². The molecule has 0 atom stereocenters. The van der Waals surface area contributed by atoms with E-state index >= 15 is 0 Å². The van der Waals surface area contributed by atoms with Crippen LogP contribution in [0.3, 0.4) is 0 Å². The van der Waals surface area contributed by atoms with Crippen LogP contribution in [0.2, 0.25) is 0 Å². The first-order chi connectivity index (χ1) is 13.4. The van der Waals surface area contributed by atoms with Crippen LogP contribution in [0.4, 0.5) is 0 Å². The summed E-state index contributed by atoms with van der Waals surface area (Å²) < 4.78 is 6.05. The first-order valence-electron chi connectivity index (χ1n) is 9.64. The van der Waals surface area contributed by atoms with Crippen molar-refractivity contribution in [3.05, 3.63) is 90.0 Å². The summed E-state index contributed by atoms with van der Waals surface area (Å²) in [7, 11) is 0. The highest BCUT2D eigenvalue weighted by molar-refractivity contribution is 5.63. The standard InChI is InChI=1S/C24H26N2O/c1-2-8-22(9-3-1)23-10-4-7-20(12-23)18-27-24-11-5-6-19(13-24)14-25-15-21-16-26-17-21/h1-13,21,25-26H,14-18H2. The Kier molecular flexibility index (Phi) is 5.83. The Balaban J connectivity index is 1.33. The monoisotopic (exact) mass is 358 g/mol. The topological polar surface area (TPSA) is 33.3 Å². The van der Waals surface area contributed by atoms with Gasteiger partial charge in [0.15, 0.2) is 0 Å². The molecule has 1 heterocycles. The summed E-state index contributed by atoms with van der Waals surface area (Å²) in [4.78, 5) is 0. The van der Waals surface area contributed by atoms with E-state index in [1.54, 1.807) is 0 Å². The maximum Gasteiger partial charge on any atom is 0.120 e. The molecule has 1 aliphatic heterocycles. The van der Waals surface area contributed by atoms with Gasteiger partial charge >= 0.3 is 0 Å². The molecule has 27 heavy (non-hydrogen) atoms. The summed E-state index contributed by atoms with van der Waals surface area (Å²) in [6.07, 6.45) is 0. The van der Waals surface area contributed by atoms with Crippen LogP contribution in [0.15, 0.2) is 78.9 Å². The van der Waals surface area contributed by atoms with Gasteiger partial charge in [0.2, 0.25) is 0 Å². The van der Waals surface area contributed by atoms with Gasteiger partial charge in [-0.05, 0) is 46.4 Å². The fraction of sp³-hybridized carbons (Fsp3) is 0.250. The maximum absolute atomic E-state index is 6.05. The molecule has 3 aromatic rings. The number of benzene rings is 3. The number of nitrogens with one attached hydrogen (secondary N) is 2. The first-order valence-corrected chi connectivity index (χ1v) is 9.64. The molecule has 0 unspecified atom stereocenters. The summed E-state index contributed by atoms with van der Waals surface area (Å²) in [5, 5.41) is 6.84. The Hall–Kier alpha value is -2.62. The zero-order chi connectivity index (χ0) is 18.3. The predicted octanol–water partition coefficient (Wildman–Crippen LogP) is 4.24. The van der Waals surface area contributed by atoms with E-state index in [0.717, 1.165) is 37.8 Å². The third kappa shape index (κ3) is 4.97. The second-order valence-corrected chi connectivity index (χ2v) is 7.16. The molecule has 0 spiro atoms. The van der Waals surface area contributed by atoms with Crippen molar-refractivity contribution in [3.8, 4) is 16.9 Å². The lowest BCUT2D eigenvalue weighted by atomic mass is 10.0. The van der Waals surface area contributed by atoms with Gasteiger partial charge in [0, 0.05) is 26.2 Å². The average Bonchev–Trinajstić information content (AvgIpc) is 2.70. The maximum atomic E-state index is 6.05. The molecule has 3 heteroatoms. The van der Waals surface area contributed by atoms with E-state index in [9.17, 15) is 0 Å². The van der Waals surface area contributed by atoms with Crippen molar-refractivity contribution in [1.29, 1.82) is 0 Å². The Morgan fingerprint density at radius 1 is 0.815 bits per heavy atom. The lowest BCUT2D eigenvalue weighted by Gasteiger charge is -2.27. The highest BCUT2D eigenvalue weighted by Crippen LogP contribution is 2.21. The highest BCUT2D eigenvalue weighted by Gasteiger charge is 2.15. The number of ether oxygens (including phenoxy) is 1. The van der Waals surface area contributed by atoms with Crippen LogP contribution in [0, 0.1) is 5.92 Å². The van der Waals surface area contributed by atoms with E-state index in [1.165, 1.54) is 22.3 Å². The molecule has 0 bridgehead atoms. The van der Waals surface area contributed by atoms with Crippen molar-refractivity contribution < 1.29 is 4.74 Å². The van der Waals surface area contributed by atoms with Gasteiger partial charge in [-0.15, -0.1) is 0 Å². The van der Waals surface area contributed by atoms with E-state index in [2.05, 4.69) is 77.4 Å². The van der Waals surface area contributed by atoms with E-state index in [0.29, 0.717) is 6.61 Å². The van der Waals surface area contributed by atoms with Crippen LogP contribution >= 0.6 is 0 Å². The third-order valence-corrected chi connectivity index (χ3v) is 4.97. The van der Waals surface area contributed by atoms with Crippen molar-refractivity contribution >= 4 is 0 Å². The summed E-state index contributed by atoms with van der Waals surface area (Å²) in [6, 6.07) is 27.4. The molecule has 0 aliphatic carbocycles. The minimum atomic E-state index is 0.575. The van der Waals surface area contributed by atoms with Gasteiger partial charge in [-0.25, -0.2) is 0 Å². The number of rotatable bonds is 8. The summed E-state index contributed by atoms with van der Waals surface area (Å²) in [5.41, 5.74) is 4.89. The fourth-order valence-corrected chi connectivity index (χ4v) is 3.30. The fourth-order valence-electron chi connectivity index (χ4n) is 3.30. The Labute approximate surface area is 161 Å². The van der Waals surface area contributed by atoms with Crippen LogP contribution < -0.4 is 15.4 Å². The third-order valence-electron chi connectivity index (χ3n) is 4.97. The summed E-state index contributed by atoms with van der Waals surface area (Å²) in [5.74, 6) is 1.70. The molecule has 1 fully saturated rings. The lowest BCUT2D eigenvalue weighted by Crippen LogP contribution is -2.47. The van der Waals surface area contributed by atoms with Crippen molar-refractivity contribution in [1.82, 2.24) is 10.6 Å². The lowest BCUT2D eigenvalue weighted by molar-refractivity contribution is 0.305. The molecule has 138 valence electrons. The van der Waals surface area contributed by atoms with E-state index in [4.69, 9.17) is 4.74 Å². The first kappa shape index (κ1) is 17.8. The second-order valence-electron chi connectivity index (χ2n) is 7.16. The molecule has 2 N–H and O–H groups in total. The van der Waals surface area contributed by atoms with Gasteiger partial charge in [-0.3, -0.25) is 0 Å². The van der Waals surface area contributed by atoms with Crippen LogP contribution in [0.1, 0.15) is 11.1 Å². The van der Waals surface area contributed by atoms with Crippen LogP contribution in [0.25, 0.3) is 11.1 Å². The van der Waals surface area contributed by atoms with E-state index in [1.807, 2.05) is 12.1 Å². The molecule has 4 rings (SSSR count). The van der Waals surface area contributed by atoms with Crippen LogP contribution in [-0.4, -0.2) is 19.6 Å². The molecule has 3 nitrogen and oxygen atoms in total. The van der Waals surface area contributed by atoms with Gasteiger partial charge in [-0.2, -0.15) is 0 Å². The number of hydrogen-bond donors (Lipinski definition) is 2. The van der Waals surface area contributed by atoms with Gasteiger partial charge in [0.25, 0.3) is 0 Å². The van der Waals surface area contributed by atoms with Crippen molar-refractivity contribution in [2.45, 2.75) is 13.2 Å². The smallest absolute Gasteiger partial charge is 0.120 e. The van der Waals surface area contributed by atoms with Crippen molar-refractivity contribution in [2.24, 2.45) is 5.92 Å². The number of hydrogen-bond acceptors (Lipinski definition) is 3. The molecule has 0 radical (unpaired) electrons. The molecular formula is C24H26N2O. The molecule has 3 aromatic carbocycles. The second kappa shape index (κ2) is 8.85. The minimum absolute atomic E-state index is 0.575. The normalized spacial score (nSPS) is 13.9. The van der Waals surface area contributed by atoms with Crippen LogP contribution in [-0.2, 0) is 13.2 Å². The highest BCUT2D eigenvalue weighted by atomic mass is 16.5. The van der Waals surface area contributed by atoms with E-state index in [-0.39, 0.29) is 0 Å². The van der Waals surface area contributed by atoms with E-state index < -0.39 is 0 Å². The Morgan fingerprint density at radius 2 is 1.59 bits per heavy atom. The largest absolute Gasteiger partial charge is 0.489 e.